The maximum atomic E-state index is 13.5. The number of rotatable bonds is 6. The fourth-order valence-electron chi connectivity index (χ4n) is 2.16. The second-order valence-corrected chi connectivity index (χ2v) is 6.57. The second kappa shape index (κ2) is 7.21. The number of aryl methyl sites for hydroxylation is 1. The van der Waals surface area contributed by atoms with Crippen LogP contribution in [0.1, 0.15) is 34.7 Å². The van der Waals surface area contributed by atoms with E-state index < -0.39 is 0 Å². The van der Waals surface area contributed by atoms with Crippen molar-refractivity contribution in [3.05, 3.63) is 56.5 Å². The van der Waals surface area contributed by atoms with Crippen molar-refractivity contribution in [2.75, 3.05) is 6.54 Å². The summed E-state index contributed by atoms with van der Waals surface area (Å²) in [5.41, 5.74) is 0.853. The molecule has 0 spiro atoms. The molecule has 2 aromatic rings. The van der Waals surface area contributed by atoms with Crippen LogP contribution in [0.3, 0.4) is 0 Å². The summed E-state index contributed by atoms with van der Waals surface area (Å²) in [6.45, 7) is 5.17. The van der Waals surface area contributed by atoms with Gasteiger partial charge in [0.1, 0.15) is 5.82 Å². The van der Waals surface area contributed by atoms with Gasteiger partial charge in [-0.1, -0.05) is 30.7 Å². The van der Waals surface area contributed by atoms with Crippen molar-refractivity contribution in [2.24, 2.45) is 0 Å². The molecule has 1 heterocycles. The summed E-state index contributed by atoms with van der Waals surface area (Å²) >= 11 is 7.84. The molecular weight excluding hydrogens is 293 g/mol. The summed E-state index contributed by atoms with van der Waals surface area (Å²) in [6.07, 6.45) is 1.77. The molecule has 0 radical (unpaired) electrons. The molecule has 1 unspecified atom stereocenters. The molecule has 0 aliphatic rings. The molecular formula is C16H19ClFNS. The molecule has 0 saturated carbocycles. The number of benzene rings is 1. The topological polar surface area (TPSA) is 12.0 Å². The molecule has 1 atom stereocenters. The number of halogens is 2. The van der Waals surface area contributed by atoms with E-state index in [2.05, 4.69) is 31.3 Å². The van der Waals surface area contributed by atoms with Crippen molar-refractivity contribution in [1.82, 2.24) is 5.32 Å². The second-order valence-electron chi connectivity index (χ2n) is 4.87. The van der Waals surface area contributed by atoms with Crippen molar-refractivity contribution in [3.8, 4) is 0 Å². The van der Waals surface area contributed by atoms with Crippen molar-refractivity contribution in [3.63, 3.8) is 0 Å². The molecule has 1 aromatic carbocycles. The highest BCUT2D eigenvalue weighted by Crippen LogP contribution is 2.29. The minimum Gasteiger partial charge on any atom is -0.309 e. The van der Waals surface area contributed by atoms with E-state index in [0.717, 1.165) is 18.5 Å². The standard InChI is InChI=1S/C16H19ClFNS/c1-3-9-19-14(15-8-7-11(2)20-15)10-12-5-4-6-13(18)16(12)17/h4-8,14,19H,3,9-10H2,1-2H3. The van der Waals surface area contributed by atoms with Gasteiger partial charge in [0.05, 0.1) is 5.02 Å². The minimum absolute atomic E-state index is 0.188. The van der Waals surface area contributed by atoms with Gasteiger partial charge < -0.3 is 5.32 Å². The van der Waals surface area contributed by atoms with E-state index in [0.29, 0.717) is 6.42 Å². The normalized spacial score (nSPS) is 12.6. The summed E-state index contributed by atoms with van der Waals surface area (Å²) in [4.78, 5) is 2.56. The van der Waals surface area contributed by atoms with Crippen LogP contribution >= 0.6 is 22.9 Å². The van der Waals surface area contributed by atoms with Crippen LogP contribution in [-0.2, 0) is 6.42 Å². The zero-order chi connectivity index (χ0) is 14.5. The van der Waals surface area contributed by atoms with Gasteiger partial charge >= 0.3 is 0 Å². The minimum atomic E-state index is -0.347. The zero-order valence-electron chi connectivity index (χ0n) is 11.7. The van der Waals surface area contributed by atoms with Gasteiger partial charge in [0.2, 0.25) is 0 Å². The largest absolute Gasteiger partial charge is 0.309 e. The summed E-state index contributed by atoms with van der Waals surface area (Å²) in [7, 11) is 0. The molecule has 0 aliphatic heterocycles. The Labute approximate surface area is 128 Å². The molecule has 0 amide bonds. The number of hydrogen-bond acceptors (Lipinski definition) is 2. The van der Waals surface area contributed by atoms with Gasteiger partial charge in [-0.15, -0.1) is 11.3 Å². The molecule has 20 heavy (non-hydrogen) atoms. The smallest absolute Gasteiger partial charge is 0.142 e. The first-order chi connectivity index (χ1) is 9.61. The van der Waals surface area contributed by atoms with E-state index in [4.69, 9.17) is 11.6 Å². The molecule has 0 saturated heterocycles. The quantitative estimate of drug-likeness (QED) is 0.779. The molecule has 0 bridgehead atoms. The van der Waals surface area contributed by atoms with Crippen LogP contribution in [0.15, 0.2) is 30.3 Å². The maximum Gasteiger partial charge on any atom is 0.142 e. The van der Waals surface area contributed by atoms with Crippen LogP contribution in [0.5, 0.6) is 0 Å². The maximum absolute atomic E-state index is 13.5. The van der Waals surface area contributed by atoms with Crippen molar-refractivity contribution in [1.29, 1.82) is 0 Å². The van der Waals surface area contributed by atoms with Crippen LogP contribution in [0.2, 0.25) is 5.02 Å². The molecule has 0 fully saturated rings. The van der Waals surface area contributed by atoms with Gasteiger partial charge in [-0.3, -0.25) is 0 Å². The summed E-state index contributed by atoms with van der Waals surface area (Å²) in [5, 5.41) is 3.76. The SMILES string of the molecule is CCCNC(Cc1cccc(F)c1Cl)c1ccc(C)s1. The Kier molecular flexibility index (Phi) is 5.58. The third kappa shape index (κ3) is 3.81. The van der Waals surface area contributed by atoms with Crippen molar-refractivity contribution in [2.45, 2.75) is 32.7 Å². The zero-order valence-corrected chi connectivity index (χ0v) is 13.3. The van der Waals surface area contributed by atoms with E-state index in [1.54, 1.807) is 17.4 Å². The highest BCUT2D eigenvalue weighted by molar-refractivity contribution is 7.12. The Bertz CT molecular complexity index is 567. The lowest BCUT2D eigenvalue weighted by Crippen LogP contribution is -2.23. The van der Waals surface area contributed by atoms with E-state index in [1.165, 1.54) is 15.8 Å². The fourth-order valence-corrected chi connectivity index (χ4v) is 3.31. The Hall–Kier alpha value is -0.900. The third-order valence-corrected chi connectivity index (χ3v) is 4.74. The molecule has 1 nitrogen and oxygen atoms in total. The average Bonchev–Trinajstić information content (AvgIpc) is 2.86. The van der Waals surface area contributed by atoms with Gasteiger partial charge in [0.25, 0.3) is 0 Å². The van der Waals surface area contributed by atoms with Crippen molar-refractivity contribution < 1.29 is 4.39 Å². The lowest BCUT2D eigenvalue weighted by Gasteiger charge is -2.18. The lowest BCUT2D eigenvalue weighted by molar-refractivity contribution is 0.534. The van der Waals surface area contributed by atoms with E-state index in [-0.39, 0.29) is 16.9 Å². The summed E-state index contributed by atoms with van der Waals surface area (Å²) in [5.74, 6) is -0.347. The Morgan fingerprint density at radius 3 is 2.75 bits per heavy atom. The van der Waals surface area contributed by atoms with Gasteiger partial charge in [-0.2, -0.15) is 0 Å². The molecule has 2 rings (SSSR count). The highest BCUT2D eigenvalue weighted by atomic mass is 35.5. The van der Waals surface area contributed by atoms with Gasteiger partial charge in [0, 0.05) is 15.8 Å². The van der Waals surface area contributed by atoms with E-state index >= 15 is 0 Å². The highest BCUT2D eigenvalue weighted by Gasteiger charge is 2.16. The number of thiophene rings is 1. The Balaban J connectivity index is 2.21. The average molecular weight is 312 g/mol. The van der Waals surface area contributed by atoms with Crippen LogP contribution in [0.4, 0.5) is 4.39 Å². The van der Waals surface area contributed by atoms with Gasteiger partial charge in [-0.25, -0.2) is 4.39 Å². The predicted octanol–water partition coefficient (Wildman–Crippen LogP) is 5.13. The first-order valence-corrected chi connectivity index (χ1v) is 8.04. The lowest BCUT2D eigenvalue weighted by atomic mass is 10.0. The Morgan fingerprint density at radius 2 is 2.10 bits per heavy atom. The van der Waals surface area contributed by atoms with Crippen LogP contribution in [-0.4, -0.2) is 6.54 Å². The van der Waals surface area contributed by atoms with Gasteiger partial charge in [-0.05, 0) is 50.1 Å². The third-order valence-electron chi connectivity index (χ3n) is 3.20. The van der Waals surface area contributed by atoms with Crippen LogP contribution < -0.4 is 5.32 Å². The van der Waals surface area contributed by atoms with Crippen LogP contribution in [0, 0.1) is 12.7 Å². The first kappa shape index (κ1) is 15.5. The molecule has 1 N–H and O–H groups in total. The summed E-state index contributed by atoms with van der Waals surface area (Å²) in [6, 6.07) is 9.46. The number of hydrogen-bond donors (Lipinski definition) is 1. The van der Waals surface area contributed by atoms with Gasteiger partial charge in [0.15, 0.2) is 0 Å². The predicted molar refractivity (Wildman–Crippen MR) is 85.2 cm³/mol. The molecule has 108 valence electrons. The molecule has 4 heteroatoms. The summed E-state index contributed by atoms with van der Waals surface area (Å²) < 4.78 is 13.5. The first-order valence-electron chi connectivity index (χ1n) is 6.84. The monoisotopic (exact) mass is 311 g/mol. The molecule has 1 aromatic heterocycles. The van der Waals surface area contributed by atoms with E-state index in [1.807, 2.05) is 6.07 Å². The number of nitrogens with one attached hydrogen (secondary N) is 1. The van der Waals surface area contributed by atoms with Crippen molar-refractivity contribution >= 4 is 22.9 Å². The fraction of sp³-hybridized carbons (Fsp3) is 0.375. The Morgan fingerprint density at radius 1 is 1.30 bits per heavy atom. The van der Waals surface area contributed by atoms with E-state index in [9.17, 15) is 4.39 Å². The molecule has 0 aliphatic carbocycles. The van der Waals surface area contributed by atoms with Crippen LogP contribution in [0.25, 0.3) is 0 Å².